The summed E-state index contributed by atoms with van der Waals surface area (Å²) < 4.78 is 5.10. The molecule has 0 bridgehead atoms. The zero-order valence-corrected chi connectivity index (χ0v) is 31.9. The fourth-order valence-electron chi connectivity index (χ4n) is 7.08. The van der Waals surface area contributed by atoms with Crippen LogP contribution >= 0.6 is 23.5 Å². The second kappa shape index (κ2) is 17.2. The van der Waals surface area contributed by atoms with E-state index in [1.54, 1.807) is 36.8 Å². The molecule has 1 aliphatic heterocycles. The van der Waals surface area contributed by atoms with E-state index in [0.29, 0.717) is 12.2 Å². The molecule has 12 nitrogen and oxygen atoms in total. The van der Waals surface area contributed by atoms with E-state index >= 15 is 0 Å². The van der Waals surface area contributed by atoms with E-state index in [2.05, 4.69) is 20.9 Å². The van der Waals surface area contributed by atoms with Crippen molar-refractivity contribution >= 4 is 57.9 Å². The van der Waals surface area contributed by atoms with Crippen molar-refractivity contribution in [3.63, 3.8) is 0 Å². The monoisotopic (exact) mass is 771 g/mol. The third-order valence-electron chi connectivity index (χ3n) is 9.82. The number of pyridine rings is 1. The van der Waals surface area contributed by atoms with Gasteiger partial charge in [-0.15, -0.1) is 11.8 Å². The number of aliphatic hydroxyl groups is 2. The number of carbonyl (C=O) groups excluding carboxylic acids is 4. The molecule has 1 aliphatic carbocycles. The first-order valence-electron chi connectivity index (χ1n) is 17.7. The molecule has 1 aromatic heterocycles. The molecule has 1 fully saturated rings. The van der Waals surface area contributed by atoms with Gasteiger partial charge in [0.2, 0.25) is 11.8 Å². The summed E-state index contributed by atoms with van der Waals surface area (Å²) in [5.41, 5.74) is 2.54. The minimum Gasteiger partial charge on any atom is -0.483 e. The SMILES string of the molecule is CSC[C@@H](NC(=O)COc1cccc2cnccc12)C(=O)N[C@@H](Cc1ccccc1)[C@H](O)C(=O)N1CSC(C)(C)[C@@H]1C(=O)N[C@@H]1c2ccccc2C[C@@H]1O. The lowest BCUT2D eigenvalue weighted by Gasteiger charge is -2.34. The Balaban J connectivity index is 1.16. The number of aromatic nitrogens is 1. The lowest BCUT2D eigenvalue weighted by atomic mass is 9.96. The second-order valence-corrected chi connectivity index (χ2v) is 16.5. The number of ether oxygens (including phenoxy) is 1. The molecule has 6 atom stereocenters. The quantitative estimate of drug-likeness (QED) is 0.129. The van der Waals surface area contributed by atoms with Crippen LogP contribution in [0.3, 0.4) is 0 Å². The Morgan fingerprint density at radius 1 is 1.02 bits per heavy atom. The number of aliphatic hydroxyl groups excluding tert-OH is 2. The Labute approximate surface area is 322 Å². The molecule has 3 aromatic carbocycles. The Kier molecular flexibility index (Phi) is 12.5. The van der Waals surface area contributed by atoms with Crippen molar-refractivity contribution in [3.8, 4) is 5.75 Å². The third-order valence-corrected chi connectivity index (χ3v) is 11.9. The van der Waals surface area contributed by atoms with Gasteiger partial charge in [0.1, 0.15) is 17.8 Å². The topological polar surface area (TPSA) is 170 Å². The zero-order valence-electron chi connectivity index (χ0n) is 30.3. The minimum absolute atomic E-state index is 0.102. The molecule has 0 radical (unpaired) electrons. The number of nitrogens with one attached hydrogen (secondary N) is 3. The molecule has 1 saturated heterocycles. The van der Waals surface area contributed by atoms with Gasteiger partial charge in [0.05, 0.1) is 24.1 Å². The molecule has 284 valence electrons. The fourth-order valence-corrected chi connectivity index (χ4v) is 8.78. The number of nitrogens with zero attached hydrogens (tertiary/aromatic N) is 2. The summed E-state index contributed by atoms with van der Waals surface area (Å²) in [6.45, 7) is 3.38. The summed E-state index contributed by atoms with van der Waals surface area (Å²) in [7, 11) is 0. The van der Waals surface area contributed by atoms with Crippen molar-refractivity contribution in [1.82, 2.24) is 25.8 Å². The summed E-state index contributed by atoms with van der Waals surface area (Å²) in [6, 6.07) is 20.2. The third kappa shape index (κ3) is 8.84. The standard InChI is InChI=1S/C40H45N5O7S2/c1-40(2)36(38(50)44-34-28-14-8-7-12-25(28)19-31(34)46)45(23-54-40)39(51)35(48)29(18-24-10-5-4-6-11-24)43-37(49)30(22-53-3)42-33(47)21-52-32-15-9-13-26-20-41-17-16-27(26)32/h4-17,20,29-31,34-36,46,48H,18-19,21-23H2,1-3H3,(H,42,47)(H,43,49)(H,44,50)/t29-,30+,31-,34+,35-,36-/m0/s1. The summed E-state index contributed by atoms with van der Waals surface area (Å²) in [4.78, 5) is 60.6. The van der Waals surface area contributed by atoms with Gasteiger partial charge in [0.15, 0.2) is 12.7 Å². The molecule has 5 N–H and O–H groups in total. The fraction of sp³-hybridized carbons (Fsp3) is 0.375. The summed E-state index contributed by atoms with van der Waals surface area (Å²) in [5, 5.41) is 32.8. The largest absolute Gasteiger partial charge is 0.483 e. The lowest BCUT2D eigenvalue weighted by Crippen LogP contribution is -2.60. The number of thioether (sulfide) groups is 2. The van der Waals surface area contributed by atoms with E-state index in [1.807, 2.05) is 74.5 Å². The van der Waals surface area contributed by atoms with E-state index in [4.69, 9.17) is 4.74 Å². The highest BCUT2D eigenvalue weighted by atomic mass is 32.2. The van der Waals surface area contributed by atoms with Crippen LogP contribution in [0.2, 0.25) is 0 Å². The minimum atomic E-state index is -1.73. The first-order valence-corrected chi connectivity index (χ1v) is 20.1. The van der Waals surface area contributed by atoms with Crippen molar-refractivity contribution in [3.05, 3.63) is 108 Å². The number of hydrogen-bond donors (Lipinski definition) is 5. The molecule has 4 amide bonds. The van der Waals surface area contributed by atoms with Gasteiger partial charge in [0, 0.05) is 40.1 Å². The number of hydrogen-bond acceptors (Lipinski definition) is 10. The van der Waals surface area contributed by atoms with Gasteiger partial charge in [-0.2, -0.15) is 11.8 Å². The van der Waals surface area contributed by atoms with Crippen LogP contribution in [-0.4, -0.2) is 103 Å². The van der Waals surface area contributed by atoms with Crippen LogP contribution in [0.25, 0.3) is 10.8 Å². The van der Waals surface area contributed by atoms with Crippen molar-refractivity contribution in [2.45, 2.75) is 67.8 Å². The highest BCUT2D eigenvalue weighted by Gasteiger charge is 2.51. The maximum atomic E-state index is 14.2. The Morgan fingerprint density at radius 2 is 1.78 bits per heavy atom. The van der Waals surface area contributed by atoms with Gasteiger partial charge >= 0.3 is 0 Å². The average molecular weight is 772 g/mol. The molecule has 0 spiro atoms. The van der Waals surface area contributed by atoms with Crippen molar-refractivity contribution in [1.29, 1.82) is 0 Å². The van der Waals surface area contributed by atoms with Crippen LogP contribution in [0.4, 0.5) is 0 Å². The molecule has 0 saturated carbocycles. The van der Waals surface area contributed by atoms with E-state index in [-0.39, 0.29) is 24.7 Å². The average Bonchev–Trinajstić information content (AvgIpc) is 3.67. The number of rotatable bonds is 14. The van der Waals surface area contributed by atoms with Gasteiger partial charge in [-0.05, 0) is 55.3 Å². The summed E-state index contributed by atoms with van der Waals surface area (Å²) in [6.07, 6.45) is 3.09. The van der Waals surface area contributed by atoms with Gasteiger partial charge < -0.3 is 35.8 Å². The number of fused-ring (bicyclic) bond motifs is 2. The molecular weight excluding hydrogens is 727 g/mol. The zero-order chi connectivity index (χ0) is 38.4. The molecule has 4 aromatic rings. The van der Waals surface area contributed by atoms with E-state index < -0.39 is 64.8 Å². The Hall–Kier alpha value is -4.63. The smallest absolute Gasteiger partial charge is 0.258 e. The van der Waals surface area contributed by atoms with Crippen LogP contribution in [-0.2, 0) is 32.0 Å². The molecule has 6 rings (SSSR count). The lowest BCUT2D eigenvalue weighted by molar-refractivity contribution is -0.148. The maximum Gasteiger partial charge on any atom is 0.258 e. The van der Waals surface area contributed by atoms with Crippen LogP contribution in [0, 0.1) is 0 Å². The normalized spacial score (nSPS) is 20.4. The van der Waals surface area contributed by atoms with E-state index in [1.165, 1.54) is 28.4 Å². The Morgan fingerprint density at radius 3 is 2.56 bits per heavy atom. The number of benzene rings is 3. The van der Waals surface area contributed by atoms with Crippen molar-refractivity contribution in [2.24, 2.45) is 0 Å². The van der Waals surface area contributed by atoms with E-state index in [0.717, 1.165) is 27.5 Å². The molecule has 0 unspecified atom stereocenters. The second-order valence-electron chi connectivity index (χ2n) is 14.0. The molecule has 2 aliphatic rings. The van der Waals surface area contributed by atoms with Crippen LogP contribution < -0.4 is 20.7 Å². The molecule has 14 heteroatoms. The summed E-state index contributed by atoms with van der Waals surface area (Å²) in [5.74, 6) is -1.41. The first-order chi connectivity index (χ1) is 26.0. The maximum absolute atomic E-state index is 14.2. The van der Waals surface area contributed by atoms with E-state index in [9.17, 15) is 29.4 Å². The predicted octanol–water partition coefficient (Wildman–Crippen LogP) is 3.00. The molecule has 2 heterocycles. The van der Waals surface area contributed by atoms with Crippen LogP contribution in [0.15, 0.2) is 91.3 Å². The van der Waals surface area contributed by atoms with Gasteiger partial charge in [-0.1, -0.05) is 66.7 Å². The van der Waals surface area contributed by atoms with Gasteiger partial charge in [0.25, 0.3) is 11.8 Å². The van der Waals surface area contributed by atoms with Crippen molar-refractivity contribution in [2.75, 3.05) is 24.5 Å². The highest BCUT2D eigenvalue weighted by molar-refractivity contribution is 8.00. The van der Waals surface area contributed by atoms with Crippen LogP contribution in [0.1, 0.15) is 36.6 Å². The first kappa shape index (κ1) is 39.1. The van der Waals surface area contributed by atoms with Crippen molar-refractivity contribution < 1.29 is 34.1 Å². The number of amides is 4. The highest BCUT2D eigenvalue weighted by Crippen LogP contribution is 2.41. The summed E-state index contributed by atoms with van der Waals surface area (Å²) >= 11 is 2.75. The van der Waals surface area contributed by atoms with Gasteiger partial charge in [-0.3, -0.25) is 24.2 Å². The predicted molar refractivity (Wildman–Crippen MR) is 210 cm³/mol. The van der Waals surface area contributed by atoms with Gasteiger partial charge in [-0.25, -0.2) is 0 Å². The van der Waals surface area contributed by atoms with Crippen LogP contribution in [0.5, 0.6) is 5.75 Å². The molecule has 54 heavy (non-hydrogen) atoms. The molecular formula is C40H45N5O7S2. The number of carbonyl (C=O) groups is 4. The Bertz CT molecular complexity index is 1980.